The monoisotopic (exact) mass is 187 g/mol. The maximum Gasteiger partial charge on any atom is 0.323 e. The smallest absolute Gasteiger partial charge is 0.323 e. The molecule has 0 atom stereocenters. The molecule has 4 heteroatoms. The standard InChI is InChI=1S/C9H17NO3/c1-13-7-3-2-6-10-9(4-5-9)8(11)12/h10H,2-7H2,1H3,(H,11,12). The van der Waals surface area contributed by atoms with Gasteiger partial charge in [-0.2, -0.15) is 0 Å². The fraction of sp³-hybridized carbons (Fsp3) is 0.889. The van der Waals surface area contributed by atoms with Crippen LogP contribution in [0.15, 0.2) is 0 Å². The highest BCUT2D eigenvalue weighted by atomic mass is 16.5. The Hall–Kier alpha value is -0.610. The highest BCUT2D eigenvalue weighted by Crippen LogP contribution is 2.35. The van der Waals surface area contributed by atoms with E-state index in [9.17, 15) is 4.79 Å². The third kappa shape index (κ3) is 2.97. The number of rotatable bonds is 7. The van der Waals surface area contributed by atoms with Gasteiger partial charge in [0.2, 0.25) is 0 Å². The van der Waals surface area contributed by atoms with Crippen LogP contribution in [0.5, 0.6) is 0 Å². The molecule has 0 aromatic rings. The summed E-state index contributed by atoms with van der Waals surface area (Å²) in [6.07, 6.45) is 3.50. The Balaban J connectivity index is 2.03. The molecular formula is C9H17NO3. The van der Waals surface area contributed by atoms with E-state index in [1.54, 1.807) is 7.11 Å². The molecule has 0 aliphatic heterocycles. The lowest BCUT2D eigenvalue weighted by Crippen LogP contribution is -2.39. The molecule has 0 aromatic heterocycles. The number of unbranched alkanes of at least 4 members (excludes halogenated alkanes) is 1. The third-order valence-electron chi connectivity index (χ3n) is 2.40. The average Bonchev–Trinajstić information content (AvgIpc) is 2.85. The fourth-order valence-corrected chi connectivity index (χ4v) is 1.29. The van der Waals surface area contributed by atoms with Crippen molar-refractivity contribution < 1.29 is 14.6 Å². The molecule has 0 unspecified atom stereocenters. The molecule has 1 fully saturated rings. The van der Waals surface area contributed by atoms with Crippen molar-refractivity contribution in [2.24, 2.45) is 0 Å². The van der Waals surface area contributed by atoms with Crippen LogP contribution in [-0.2, 0) is 9.53 Å². The third-order valence-corrected chi connectivity index (χ3v) is 2.40. The maximum absolute atomic E-state index is 10.7. The molecule has 0 heterocycles. The van der Waals surface area contributed by atoms with Crippen LogP contribution >= 0.6 is 0 Å². The second-order valence-electron chi connectivity index (χ2n) is 3.51. The fourth-order valence-electron chi connectivity index (χ4n) is 1.29. The molecule has 0 radical (unpaired) electrons. The van der Waals surface area contributed by atoms with Crippen molar-refractivity contribution in [3.63, 3.8) is 0 Å². The van der Waals surface area contributed by atoms with Gasteiger partial charge in [0.15, 0.2) is 0 Å². The first-order valence-corrected chi connectivity index (χ1v) is 4.69. The van der Waals surface area contributed by atoms with Gasteiger partial charge in [-0.05, 0) is 32.2 Å². The van der Waals surface area contributed by atoms with Gasteiger partial charge in [-0.25, -0.2) is 0 Å². The minimum atomic E-state index is -0.709. The van der Waals surface area contributed by atoms with Crippen molar-refractivity contribution >= 4 is 5.97 Å². The molecule has 1 aliphatic rings. The second kappa shape index (κ2) is 4.58. The van der Waals surface area contributed by atoms with E-state index in [2.05, 4.69) is 5.32 Å². The summed E-state index contributed by atoms with van der Waals surface area (Å²) in [5, 5.41) is 11.9. The summed E-state index contributed by atoms with van der Waals surface area (Å²) in [4.78, 5) is 10.7. The van der Waals surface area contributed by atoms with Crippen LogP contribution in [0.3, 0.4) is 0 Å². The van der Waals surface area contributed by atoms with Crippen LogP contribution < -0.4 is 5.32 Å². The molecule has 76 valence electrons. The van der Waals surface area contributed by atoms with E-state index in [-0.39, 0.29) is 0 Å². The van der Waals surface area contributed by atoms with E-state index >= 15 is 0 Å². The van der Waals surface area contributed by atoms with E-state index in [0.29, 0.717) is 0 Å². The number of hydrogen-bond donors (Lipinski definition) is 2. The van der Waals surface area contributed by atoms with Gasteiger partial charge in [0.05, 0.1) is 0 Å². The summed E-state index contributed by atoms with van der Waals surface area (Å²) in [7, 11) is 1.67. The maximum atomic E-state index is 10.7. The quantitative estimate of drug-likeness (QED) is 0.574. The van der Waals surface area contributed by atoms with E-state index in [1.807, 2.05) is 0 Å². The first-order valence-electron chi connectivity index (χ1n) is 4.69. The molecule has 1 rings (SSSR count). The Morgan fingerprint density at radius 2 is 2.23 bits per heavy atom. The normalized spacial score (nSPS) is 18.5. The summed E-state index contributed by atoms with van der Waals surface area (Å²) in [6.45, 7) is 1.53. The van der Waals surface area contributed by atoms with Gasteiger partial charge in [-0.3, -0.25) is 4.79 Å². The lowest BCUT2D eigenvalue weighted by atomic mass is 10.2. The summed E-state index contributed by atoms with van der Waals surface area (Å²) in [5.74, 6) is -0.709. The number of carboxylic acids is 1. The molecule has 0 aromatic carbocycles. The average molecular weight is 187 g/mol. The molecule has 4 nitrogen and oxygen atoms in total. The van der Waals surface area contributed by atoms with Crippen LogP contribution in [-0.4, -0.2) is 36.9 Å². The zero-order valence-corrected chi connectivity index (χ0v) is 8.01. The van der Waals surface area contributed by atoms with Crippen molar-refractivity contribution in [3.05, 3.63) is 0 Å². The van der Waals surface area contributed by atoms with E-state index < -0.39 is 11.5 Å². The Morgan fingerprint density at radius 1 is 1.54 bits per heavy atom. The van der Waals surface area contributed by atoms with Gasteiger partial charge in [-0.15, -0.1) is 0 Å². The van der Waals surface area contributed by atoms with Crippen LogP contribution in [0.2, 0.25) is 0 Å². The number of nitrogens with one attached hydrogen (secondary N) is 1. The van der Waals surface area contributed by atoms with Crippen molar-refractivity contribution in [1.82, 2.24) is 5.32 Å². The van der Waals surface area contributed by atoms with Crippen molar-refractivity contribution in [2.45, 2.75) is 31.2 Å². The predicted octanol–water partition coefficient (Wildman–Crippen LogP) is 0.620. The summed E-state index contributed by atoms with van der Waals surface area (Å²) < 4.78 is 4.89. The molecule has 13 heavy (non-hydrogen) atoms. The van der Waals surface area contributed by atoms with Gasteiger partial charge in [0, 0.05) is 13.7 Å². The van der Waals surface area contributed by atoms with Crippen LogP contribution in [0.25, 0.3) is 0 Å². The van der Waals surface area contributed by atoms with Crippen molar-refractivity contribution in [1.29, 1.82) is 0 Å². The second-order valence-corrected chi connectivity index (χ2v) is 3.51. The number of aliphatic carboxylic acids is 1. The Labute approximate surface area is 78.3 Å². The SMILES string of the molecule is COCCCCNC1(C(=O)O)CC1. The van der Waals surface area contributed by atoms with Crippen LogP contribution in [0.1, 0.15) is 25.7 Å². The minimum absolute atomic E-state index is 0.576. The Bertz CT molecular complexity index is 178. The number of carbonyl (C=O) groups is 1. The molecule has 0 bridgehead atoms. The molecule has 0 spiro atoms. The van der Waals surface area contributed by atoms with Crippen LogP contribution in [0.4, 0.5) is 0 Å². The number of carboxylic acid groups (broad SMARTS) is 1. The Morgan fingerprint density at radius 3 is 2.69 bits per heavy atom. The van der Waals surface area contributed by atoms with Crippen molar-refractivity contribution in [2.75, 3.05) is 20.3 Å². The lowest BCUT2D eigenvalue weighted by Gasteiger charge is -2.11. The van der Waals surface area contributed by atoms with Crippen LogP contribution in [0, 0.1) is 0 Å². The van der Waals surface area contributed by atoms with E-state index in [0.717, 1.165) is 38.8 Å². The summed E-state index contributed by atoms with van der Waals surface area (Å²) >= 11 is 0. The zero-order valence-electron chi connectivity index (χ0n) is 8.01. The number of methoxy groups -OCH3 is 1. The largest absolute Gasteiger partial charge is 0.480 e. The lowest BCUT2D eigenvalue weighted by molar-refractivity contribution is -0.140. The van der Waals surface area contributed by atoms with Crippen molar-refractivity contribution in [3.8, 4) is 0 Å². The van der Waals surface area contributed by atoms with Gasteiger partial charge < -0.3 is 15.2 Å². The van der Waals surface area contributed by atoms with Gasteiger partial charge >= 0.3 is 5.97 Å². The summed E-state index contributed by atoms with van der Waals surface area (Å²) in [6, 6.07) is 0. The van der Waals surface area contributed by atoms with Gasteiger partial charge in [-0.1, -0.05) is 0 Å². The predicted molar refractivity (Wildman–Crippen MR) is 48.7 cm³/mol. The first kappa shape index (κ1) is 10.5. The number of hydrogen-bond acceptors (Lipinski definition) is 3. The molecular weight excluding hydrogens is 170 g/mol. The highest BCUT2D eigenvalue weighted by molar-refractivity contribution is 5.82. The zero-order chi connectivity index (χ0) is 9.73. The minimum Gasteiger partial charge on any atom is -0.480 e. The molecule has 0 amide bonds. The Kier molecular flexibility index (Phi) is 3.69. The van der Waals surface area contributed by atoms with Gasteiger partial charge in [0.25, 0.3) is 0 Å². The van der Waals surface area contributed by atoms with E-state index in [4.69, 9.17) is 9.84 Å². The number of ether oxygens (including phenoxy) is 1. The molecule has 1 aliphatic carbocycles. The summed E-state index contributed by atoms with van der Waals surface area (Å²) in [5.41, 5.74) is -0.576. The van der Waals surface area contributed by atoms with E-state index in [1.165, 1.54) is 0 Å². The molecule has 2 N–H and O–H groups in total. The highest BCUT2D eigenvalue weighted by Gasteiger charge is 2.49. The molecule has 0 saturated heterocycles. The topological polar surface area (TPSA) is 58.6 Å². The molecule has 1 saturated carbocycles. The van der Waals surface area contributed by atoms with Gasteiger partial charge in [0.1, 0.15) is 5.54 Å². The first-order chi connectivity index (χ1) is 6.21.